The quantitative estimate of drug-likeness (QED) is 0.801. The maximum atomic E-state index is 12.7. The van der Waals surface area contributed by atoms with E-state index in [4.69, 9.17) is 5.73 Å². The van der Waals surface area contributed by atoms with E-state index in [1.165, 1.54) is 6.07 Å². The molecular weight excluding hydrogens is 347 g/mol. The summed E-state index contributed by atoms with van der Waals surface area (Å²) in [4.78, 5) is 0. The molecule has 0 saturated carbocycles. The van der Waals surface area contributed by atoms with Gasteiger partial charge in [0.05, 0.1) is 11.7 Å². The minimum Gasteiger partial charge on any atom is -0.398 e. The summed E-state index contributed by atoms with van der Waals surface area (Å²) in [5.41, 5.74) is 6.34. The average molecular weight is 360 g/mol. The van der Waals surface area contributed by atoms with E-state index in [9.17, 15) is 18.3 Å². The molecule has 3 N–H and O–H groups in total. The molecule has 0 amide bonds. The first kappa shape index (κ1) is 15.9. The molecule has 0 radical (unpaired) electrons. The standard InChI is InChI=1S/C15H13BrF3NO/c16-11-4-5-13(20)12(8-11)14(21)7-9-2-1-3-10(6-9)15(17,18)19/h1-6,8,14,21H,7,20H2. The molecule has 6 heteroatoms. The van der Waals surface area contributed by atoms with Gasteiger partial charge in [-0.25, -0.2) is 0 Å². The number of benzene rings is 2. The Kier molecular flexibility index (Phi) is 4.58. The van der Waals surface area contributed by atoms with Gasteiger partial charge in [0.1, 0.15) is 0 Å². The third kappa shape index (κ3) is 3.98. The highest BCUT2D eigenvalue weighted by molar-refractivity contribution is 9.10. The van der Waals surface area contributed by atoms with E-state index in [0.29, 0.717) is 16.8 Å². The van der Waals surface area contributed by atoms with Crippen molar-refractivity contribution in [1.29, 1.82) is 0 Å². The van der Waals surface area contributed by atoms with Crippen molar-refractivity contribution >= 4 is 21.6 Å². The van der Waals surface area contributed by atoms with Crippen LogP contribution in [-0.4, -0.2) is 5.11 Å². The van der Waals surface area contributed by atoms with Gasteiger partial charge < -0.3 is 10.8 Å². The van der Waals surface area contributed by atoms with E-state index >= 15 is 0 Å². The SMILES string of the molecule is Nc1ccc(Br)cc1C(O)Cc1cccc(C(F)(F)F)c1. The van der Waals surface area contributed by atoms with Crippen molar-refractivity contribution in [2.24, 2.45) is 0 Å². The fourth-order valence-electron chi connectivity index (χ4n) is 2.04. The van der Waals surface area contributed by atoms with Crippen LogP contribution in [0.25, 0.3) is 0 Å². The molecule has 112 valence electrons. The van der Waals surface area contributed by atoms with Crippen LogP contribution in [0.3, 0.4) is 0 Å². The van der Waals surface area contributed by atoms with Gasteiger partial charge in [-0.1, -0.05) is 34.1 Å². The Morgan fingerprint density at radius 1 is 1.14 bits per heavy atom. The molecule has 0 heterocycles. The van der Waals surface area contributed by atoms with Crippen LogP contribution >= 0.6 is 15.9 Å². The second-order valence-electron chi connectivity index (χ2n) is 4.69. The van der Waals surface area contributed by atoms with Crippen LogP contribution in [0.4, 0.5) is 18.9 Å². The molecule has 0 aliphatic rings. The van der Waals surface area contributed by atoms with Crippen molar-refractivity contribution in [2.45, 2.75) is 18.7 Å². The normalized spacial score (nSPS) is 13.2. The van der Waals surface area contributed by atoms with E-state index < -0.39 is 17.8 Å². The van der Waals surface area contributed by atoms with Crippen LogP contribution < -0.4 is 5.73 Å². The van der Waals surface area contributed by atoms with Crippen molar-refractivity contribution in [3.8, 4) is 0 Å². The zero-order valence-electron chi connectivity index (χ0n) is 10.9. The van der Waals surface area contributed by atoms with Crippen molar-refractivity contribution in [1.82, 2.24) is 0 Å². The molecule has 0 aromatic heterocycles. The van der Waals surface area contributed by atoms with Crippen molar-refractivity contribution < 1.29 is 18.3 Å². The van der Waals surface area contributed by atoms with Gasteiger partial charge in [0.15, 0.2) is 0 Å². The number of aliphatic hydroxyl groups is 1. The van der Waals surface area contributed by atoms with Crippen molar-refractivity contribution in [3.05, 3.63) is 63.6 Å². The first-order chi connectivity index (χ1) is 9.77. The topological polar surface area (TPSA) is 46.2 Å². The summed E-state index contributed by atoms with van der Waals surface area (Å²) in [6.07, 6.45) is -5.30. The third-order valence-corrected chi connectivity index (χ3v) is 3.58. The van der Waals surface area contributed by atoms with Gasteiger partial charge in [0.2, 0.25) is 0 Å². The largest absolute Gasteiger partial charge is 0.416 e. The van der Waals surface area contributed by atoms with Gasteiger partial charge >= 0.3 is 6.18 Å². The van der Waals surface area contributed by atoms with Crippen LogP contribution in [0.2, 0.25) is 0 Å². The van der Waals surface area contributed by atoms with E-state index in [-0.39, 0.29) is 6.42 Å². The van der Waals surface area contributed by atoms with Crippen LogP contribution in [0.5, 0.6) is 0 Å². The molecule has 2 aromatic carbocycles. The van der Waals surface area contributed by atoms with Gasteiger partial charge in [-0.05, 0) is 29.8 Å². The van der Waals surface area contributed by atoms with E-state index in [1.807, 2.05) is 0 Å². The van der Waals surface area contributed by atoms with Crippen LogP contribution in [0.1, 0.15) is 22.8 Å². The predicted molar refractivity (Wildman–Crippen MR) is 78.7 cm³/mol. The van der Waals surface area contributed by atoms with E-state index in [1.54, 1.807) is 24.3 Å². The second kappa shape index (κ2) is 6.07. The number of halogens is 4. The minimum atomic E-state index is -4.39. The Morgan fingerprint density at radius 2 is 1.86 bits per heavy atom. The van der Waals surface area contributed by atoms with E-state index in [0.717, 1.165) is 16.6 Å². The summed E-state index contributed by atoms with van der Waals surface area (Å²) in [5.74, 6) is 0. The number of hydrogen-bond acceptors (Lipinski definition) is 2. The maximum Gasteiger partial charge on any atom is 0.416 e. The number of aliphatic hydroxyl groups excluding tert-OH is 1. The van der Waals surface area contributed by atoms with Gasteiger partial charge in [0, 0.05) is 22.1 Å². The molecule has 0 spiro atoms. The fourth-order valence-corrected chi connectivity index (χ4v) is 2.42. The lowest BCUT2D eigenvalue weighted by molar-refractivity contribution is -0.137. The molecule has 2 aromatic rings. The maximum absolute atomic E-state index is 12.7. The van der Waals surface area contributed by atoms with Gasteiger partial charge in [0.25, 0.3) is 0 Å². The molecule has 21 heavy (non-hydrogen) atoms. The third-order valence-electron chi connectivity index (χ3n) is 3.09. The number of alkyl halides is 3. The highest BCUT2D eigenvalue weighted by atomic mass is 79.9. The summed E-state index contributed by atoms with van der Waals surface area (Å²) in [5, 5.41) is 10.2. The molecular formula is C15H13BrF3NO. The Balaban J connectivity index is 2.23. The van der Waals surface area contributed by atoms with Gasteiger partial charge in [-0.3, -0.25) is 0 Å². The molecule has 0 aliphatic carbocycles. The highest BCUT2D eigenvalue weighted by Gasteiger charge is 2.30. The van der Waals surface area contributed by atoms with Crippen LogP contribution in [0.15, 0.2) is 46.9 Å². The number of hydrogen-bond donors (Lipinski definition) is 2. The Bertz CT molecular complexity index is 643. The van der Waals surface area contributed by atoms with E-state index in [2.05, 4.69) is 15.9 Å². The highest BCUT2D eigenvalue weighted by Crippen LogP contribution is 2.31. The smallest absolute Gasteiger partial charge is 0.398 e. The van der Waals surface area contributed by atoms with Gasteiger partial charge in [-0.15, -0.1) is 0 Å². The summed E-state index contributed by atoms with van der Waals surface area (Å²) >= 11 is 3.27. The monoisotopic (exact) mass is 359 g/mol. The summed E-state index contributed by atoms with van der Waals surface area (Å²) in [6.45, 7) is 0. The second-order valence-corrected chi connectivity index (χ2v) is 5.61. The Hall–Kier alpha value is -1.53. The summed E-state index contributed by atoms with van der Waals surface area (Å²) in [7, 11) is 0. The van der Waals surface area contributed by atoms with Crippen molar-refractivity contribution in [3.63, 3.8) is 0 Å². The zero-order chi connectivity index (χ0) is 15.6. The zero-order valence-corrected chi connectivity index (χ0v) is 12.4. The average Bonchev–Trinajstić information content (AvgIpc) is 2.41. The molecule has 1 atom stereocenters. The number of rotatable bonds is 3. The molecule has 0 bridgehead atoms. The van der Waals surface area contributed by atoms with Crippen molar-refractivity contribution in [2.75, 3.05) is 5.73 Å². The van der Waals surface area contributed by atoms with Crippen LogP contribution in [0, 0.1) is 0 Å². The molecule has 2 nitrogen and oxygen atoms in total. The molecule has 0 fully saturated rings. The lowest BCUT2D eigenvalue weighted by Gasteiger charge is -2.15. The Morgan fingerprint density at radius 3 is 2.52 bits per heavy atom. The molecule has 0 aliphatic heterocycles. The number of anilines is 1. The van der Waals surface area contributed by atoms with Gasteiger partial charge in [-0.2, -0.15) is 13.2 Å². The minimum absolute atomic E-state index is 0.0601. The number of nitrogen functional groups attached to an aromatic ring is 1. The fraction of sp³-hybridized carbons (Fsp3) is 0.200. The predicted octanol–water partition coefficient (Wildman–Crippen LogP) is 4.33. The van der Waals surface area contributed by atoms with Crippen LogP contribution in [-0.2, 0) is 12.6 Å². The molecule has 2 rings (SSSR count). The summed E-state index contributed by atoms with van der Waals surface area (Å²) in [6, 6.07) is 9.95. The lowest BCUT2D eigenvalue weighted by atomic mass is 9.99. The summed E-state index contributed by atoms with van der Waals surface area (Å²) < 4.78 is 38.7. The first-order valence-corrected chi connectivity index (χ1v) is 6.96. The molecule has 0 saturated heterocycles. The lowest BCUT2D eigenvalue weighted by Crippen LogP contribution is -2.08. The molecule has 1 unspecified atom stereocenters. The Labute approximate surface area is 128 Å². The number of nitrogens with two attached hydrogens (primary N) is 1. The first-order valence-electron chi connectivity index (χ1n) is 6.16.